The predicted molar refractivity (Wildman–Crippen MR) is 87.4 cm³/mol. The molecule has 128 valence electrons. The van der Waals surface area contributed by atoms with Gasteiger partial charge in [-0.05, 0) is 48.9 Å². The van der Waals surface area contributed by atoms with Gasteiger partial charge in [0.1, 0.15) is 5.75 Å². The molecule has 1 heterocycles. The molecule has 1 fully saturated rings. The monoisotopic (exact) mass is 340 g/mol. The van der Waals surface area contributed by atoms with Gasteiger partial charge in [0.05, 0.1) is 24.7 Å². The molecule has 0 aromatic heterocycles. The van der Waals surface area contributed by atoms with Gasteiger partial charge < -0.3 is 14.8 Å². The third-order valence-electron chi connectivity index (χ3n) is 4.46. The molecular weight excluding hydrogens is 316 g/mol. The van der Waals surface area contributed by atoms with E-state index in [1.807, 2.05) is 0 Å². The number of nitrogens with one attached hydrogen (secondary N) is 2. The summed E-state index contributed by atoms with van der Waals surface area (Å²) in [5, 5.41) is 3.20. The molecule has 2 N–H and O–H groups in total. The van der Waals surface area contributed by atoms with E-state index in [0.717, 1.165) is 49.1 Å². The van der Waals surface area contributed by atoms with Crippen molar-refractivity contribution in [2.45, 2.75) is 36.7 Å². The van der Waals surface area contributed by atoms with Crippen LogP contribution in [0.4, 0.5) is 0 Å². The van der Waals surface area contributed by atoms with Crippen molar-refractivity contribution in [2.75, 3.05) is 33.4 Å². The highest BCUT2D eigenvalue weighted by molar-refractivity contribution is 7.89. The smallest absolute Gasteiger partial charge is 0.240 e. The van der Waals surface area contributed by atoms with Crippen LogP contribution in [0, 0.1) is 0 Å². The predicted octanol–water partition coefficient (Wildman–Crippen LogP) is 0.841. The van der Waals surface area contributed by atoms with Crippen LogP contribution in [0.3, 0.4) is 0 Å². The second kappa shape index (κ2) is 7.17. The van der Waals surface area contributed by atoms with Crippen molar-refractivity contribution in [2.24, 2.45) is 0 Å². The Hall–Kier alpha value is -1.15. The Balaban J connectivity index is 1.81. The highest BCUT2D eigenvalue weighted by Crippen LogP contribution is 2.34. The highest BCUT2D eigenvalue weighted by Gasteiger charge is 2.26. The second-order valence-electron chi connectivity index (χ2n) is 5.98. The summed E-state index contributed by atoms with van der Waals surface area (Å²) >= 11 is 0. The van der Waals surface area contributed by atoms with E-state index >= 15 is 0 Å². The molecule has 1 aromatic rings. The lowest BCUT2D eigenvalue weighted by atomic mass is 9.91. The summed E-state index contributed by atoms with van der Waals surface area (Å²) in [6, 6.07) is 3.42. The first kappa shape index (κ1) is 16.7. The number of benzene rings is 1. The molecule has 3 rings (SSSR count). The molecule has 7 heteroatoms. The average Bonchev–Trinajstić information content (AvgIpc) is 2.60. The number of hydrogen-bond donors (Lipinski definition) is 2. The normalized spacial score (nSPS) is 21.7. The standard InChI is InChI=1S/C16H24N2O4S/c1-21-15-6-7-16(14-5-3-2-4-13(14)15)23(19,20)18-11-12-10-17-8-9-22-12/h6-7,12,17-18H,2-5,8-11H2,1H3/t12-/m1/s1. The van der Waals surface area contributed by atoms with Gasteiger partial charge in [0.15, 0.2) is 0 Å². The fraction of sp³-hybridized carbons (Fsp3) is 0.625. The minimum Gasteiger partial charge on any atom is -0.496 e. The number of rotatable bonds is 5. The second-order valence-corrected chi connectivity index (χ2v) is 7.71. The summed E-state index contributed by atoms with van der Waals surface area (Å²) in [4.78, 5) is 0.386. The molecule has 0 spiro atoms. The topological polar surface area (TPSA) is 76.7 Å². The van der Waals surface area contributed by atoms with Gasteiger partial charge in [-0.1, -0.05) is 0 Å². The van der Waals surface area contributed by atoms with Crippen LogP contribution in [0.5, 0.6) is 5.75 Å². The van der Waals surface area contributed by atoms with Gasteiger partial charge in [0.2, 0.25) is 10.0 Å². The van der Waals surface area contributed by atoms with Gasteiger partial charge in [0, 0.05) is 19.6 Å². The molecule has 2 aliphatic rings. The van der Waals surface area contributed by atoms with E-state index in [4.69, 9.17) is 9.47 Å². The van der Waals surface area contributed by atoms with E-state index in [2.05, 4.69) is 10.0 Å². The summed E-state index contributed by atoms with van der Waals surface area (Å²) in [6.07, 6.45) is 3.62. The van der Waals surface area contributed by atoms with E-state index in [1.165, 1.54) is 0 Å². The highest BCUT2D eigenvalue weighted by atomic mass is 32.2. The zero-order valence-electron chi connectivity index (χ0n) is 13.4. The Labute approximate surface area is 137 Å². The maximum Gasteiger partial charge on any atom is 0.240 e. The molecule has 6 nitrogen and oxygen atoms in total. The van der Waals surface area contributed by atoms with Crippen LogP contribution in [0.25, 0.3) is 0 Å². The zero-order valence-corrected chi connectivity index (χ0v) is 14.2. The molecule has 1 saturated heterocycles. The number of ether oxygens (including phenoxy) is 2. The Morgan fingerprint density at radius 1 is 1.30 bits per heavy atom. The Kier molecular flexibility index (Phi) is 5.21. The lowest BCUT2D eigenvalue weighted by Gasteiger charge is -2.25. The quantitative estimate of drug-likeness (QED) is 0.831. The van der Waals surface area contributed by atoms with E-state index in [1.54, 1.807) is 19.2 Å². The van der Waals surface area contributed by atoms with Gasteiger partial charge >= 0.3 is 0 Å². The van der Waals surface area contributed by atoms with Gasteiger partial charge in [-0.25, -0.2) is 13.1 Å². The van der Waals surface area contributed by atoms with E-state index in [-0.39, 0.29) is 12.6 Å². The van der Waals surface area contributed by atoms with Crippen molar-refractivity contribution in [1.29, 1.82) is 0 Å². The van der Waals surface area contributed by atoms with Crippen LogP contribution in [0.15, 0.2) is 17.0 Å². The van der Waals surface area contributed by atoms with Crippen molar-refractivity contribution in [3.05, 3.63) is 23.3 Å². The van der Waals surface area contributed by atoms with Crippen LogP contribution in [-0.4, -0.2) is 47.9 Å². The van der Waals surface area contributed by atoms with Crippen LogP contribution < -0.4 is 14.8 Å². The lowest BCUT2D eigenvalue weighted by Crippen LogP contribution is -2.45. The molecule has 1 atom stereocenters. The van der Waals surface area contributed by atoms with E-state index < -0.39 is 10.0 Å². The molecule has 0 unspecified atom stereocenters. The average molecular weight is 340 g/mol. The Morgan fingerprint density at radius 3 is 2.78 bits per heavy atom. The fourth-order valence-corrected chi connectivity index (χ4v) is 4.63. The van der Waals surface area contributed by atoms with Crippen LogP contribution in [0.2, 0.25) is 0 Å². The number of fused-ring (bicyclic) bond motifs is 1. The van der Waals surface area contributed by atoms with Crippen LogP contribution in [-0.2, 0) is 27.6 Å². The number of methoxy groups -OCH3 is 1. The minimum absolute atomic E-state index is 0.118. The third kappa shape index (κ3) is 3.68. The third-order valence-corrected chi connectivity index (χ3v) is 5.97. The fourth-order valence-electron chi connectivity index (χ4n) is 3.28. The molecule has 0 radical (unpaired) electrons. The van der Waals surface area contributed by atoms with Crippen molar-refractivity contribution in [3.8, 4) is 5.75 Å². The van der Waals surface area contributed by atoms with Crippen LogP contribution in [0.1, 0.15) is 24.0 Å². The van der Waals surface area contributed by atoms with Crippen molar-refractivity contribution >= 4 is 10.0 Å². The minimum atomic E-state index is -3.54. The summed E-state index contributed by atoms with van der Waals surface area (Å²) in [5.41, 5.74) is 1.95. The number of sulfonamides is 1. The number of morpholine rings is 1. The lowest BCUT2D eigenvalue weighted by molar-refractivity contribution is 0.0324. The van der Waals surface area contributed by atoms with Crippen LogP contribution >= 0.6 is 0 Å². The SMILES string of the molecule is COc1ccc(S(=O)(=O)NC[C@H]2CNCCO2)c2c1CCCC2. The molecule has 23 heavy (non-hydrogen) atoms. The molecule has 0 bridgehead atoms. The largest absolute Gasteiger partial charge is 0.496 e. The van der Waals surface area contributed by atoms with Gasteiger partial charge in [-0.3, -0.25) is 0 Å². The molecule has 1 aromatic carbocycles. The number of hydrogen-bond acceptors (Lipinski definition) is 5. The summed E-state index contributed by atoms with van der Waals surface area (Å²) < 4.78 is 39.1. The van der Waals surface area contributed by atoms with Crippen molar-refractivity contribution in [3.63, 3.8) is 0 Å². The zero-order chi connectivity index (χ0) is 16.3. The molecule has 1 aliphatic heterocycles. The molecular formula is C16H24N2O4S. The Morgan fingerprint density at radius 2 is 2.09 bits per heavy atom. The molecule has 0 amide bonds. The Bertz CT molecular complexity index is 654. The van der Waals surface area contributed by atoms with Gasteiger partial charge in [-0.2, -0.15) is 0 Å². The first-order chi connectivity index (χ1) is 11.1. The van der Waals surface area contributed by atoms with Crippen molar-refractivity contribution < 1.29 is 17.9 Å². The maximum atomic E-state index is 12.7. The first-order valence-electron chi connectivity index (χ1n) is 8.12. The maximum absolute atomic E-state index is 12.7. The van der Waals surface area contributed by atoms with E-state index in [0.29, 0.717) is 18.0 Å². The summed E-state index contributed by atoms with van der Waals surface area (Å²) in [7, 11) is -1.91. The van der Waals surface area contributed by atoms with Gasteiger partial charge in [0.25, 0.3) is 0 Å². The van der Waals surface area contributed by atoms with Crippen molar-refractivity contribution in [1.82, 2.24) is 10.0 Å². The molecule has 1 aliphatic carbocycles. The van der Waals surface area contributed by atoms with E-state index in [9.17, 15) is 8.42 Å². The summed E-state index contributed by atoms with van der Waals surface area (Å²) in [6.45, 7) is 2.39. The molecule has 0 saturated carbocycles. The van der Waals surface area contributed by atoms with Gasteiger partial charge in [-0.15, -0.1) is 0 Å². The first-order valence-corrected chi connectivity index (χ1v) is 9.61. The summed E-state index contributed by atoms with van der Waals surface area (Å²) in [5.74, 6) is 0.790.